The van der Waals surface area contributed by atoms with Crippen LogP contribution in [-0.2, 0) is 9.31 Å². The van der Waals surface area contributed by atoms with Gasteiger partial charge in [0.25, 0.3) is 0 Å². The second-order valence-corrected chi connectivity index (χ2v) is 22.5. The number of nitrogens with zero attached hydrogens (tertiary/aromatic N) is 4. The molecule has 1 aliphatic heterocycles. The third kappa shape index (κ3) is 9.31. The molecule has 0 spiro atoms. The lowest BCUT2D eigenvalue weighted by Crippen LogP contribution is -2.41. The molecular weight excluding hydrogens is 1080 g/mol. The second kappa shape index (κ2) is 21.6. The van der Waals surface area contributed by atoms with Gasteiger partial charge in [-0.3, -0.25) is 18.7 Å². The molecule has 404 valence electrons. The maximum absolute atomic E-state index is 12.4. The van der Waals surface area contributed by atoms with Gasteiger partial charge in [0.1, 0.15) is 0 Å². The zero-order chi connectivity index (χ0) is 57.0. The predicted octanol–water partition coefficient (Wildman–Crippen LogP) is 18.5. The maximum Gasteiger partial charge on any atom is 0.494 e. The van der Waals surface area contributed by atoms with Gasteiger partial charge in [-0.05, 0) is 135 Å². The Kier molecular flexibility index (Phi) is 14.2. The molecule has 0 radical (unpaired) electrons. The Morgan fingerprint density at radius 1 is 0.366 bits per heavy atom. The van der Waals surface area contributed by atoms with Crippen molar-refractivity contribution in [3.8, 4) is 22.5 Å². The zero-order valence-electron chi connectivity index (χ0n) is 47.3. The summed E-state index contributed by atoms with van der Waals surface area (Å²) < 4.78 is 21.8. The van der Waals surface area contributed by atoms with E-state index in [9.17, 15) is 9.59 Å². The van der Waals surface area contributed by atoms with Gasteiger partial charge in [0.05, 0.1) is 55.3 Å². The lowest BCUT2D eigenvalue weighted by Gasteiger charge is -2.32. The summed E-state index contributed by atoms with van der Waals surface area (Å²) in [6.45, 7) is 15.6. The number of para-hydroxylation sites is 6. The van der Waals surface area contributed by atoms with Gasteiger partial charge in [0, 0.05) is 72.8 Å². The molecule has 14 aromatic rings. The molecule has 0 N–H and O–H groups in total. The van der Waals surface area contributed by atoms with Crippen LogP contribution in [0.1, 0.15) is 65.0 Å². The predicted molar refractivity (Wildman–Crippen MR) is 347 cm³/mol. The molecule has 1 saturated heterocycles. The van der Waals surface area contributed by atoms with Gasteiger partial charge >= 0.3 is 7.12 Å². The minimum absolute atomic E-state index is 0.0253. The minimum atomic E-state index is -0.363. The van der Waals surface area contributed by atoms with E-state index in [-0.39, 0.29) is 30.1 Å². The molecule has 10 aromatic carbocycles. The monoisotopic (exact) mass is 1140 g/mol. The number of aromatic nitrogens is 4. The summed E-state index contributed by atoms with van der Waals surface area (Å²) in [5, 5.41) is 9.44. The summed E-state index contributed by atoms with van der Waals surface area (Å²) in [7, 11) is -0.363. The average molecular weight is 1140 g/mol. The van der Waals surface area contributed by atoms with Crippen LogP contribution in [0.3, 0.4) is 0 Å². The third-order valence-corrected chi connectivity index (χ3v) is 16.7. The number of hydrogen-bond donors (Lipinski definition) is 0. The van der Waals surface area contributed by atoms with Crippen molar-refractivity contribution < 1.29 is 18.9 Å². The summed E-state index contributed by atoms with van der Waals surface area (Å²) in [5.41, 5.74) is 13.5. The van der Waals surface area contributed by atoms with E-state index < -0.39 is 0 Å². The van der Waals surface area contributed by atoms with E-state index in [2.05, 4.69) is 229 Å². The van der Waals surface area contributed by atoms with Crippen molar-refractivity contribution in [1.82, 2.24) is 18.3 Å². The fourth-order valence-corrected chi connectivity index (χ4v) is 12.2. The molecule has 0 amide bonds. The molecule has 4 aromatic heterocycles. The Balaban J connectivity index is 0.000000127. The van der Waals surface area contributed by atoms with Gasteiger partial charge in [-0.1, -0.05) is 169 Å². The normalized spacial score (nSPS) is 13.6. The molecule has 10 heteroatoms. The molecule has 5 heterocycles. The van der Waals surface area contributed by atoms with Crippen LogP contribution < -0.4 is 5.46 Å². The molecular formula is C72H62BBrN4O4. The van der Waals surface area contributed by atoms with Crippen molar-refractivity contribution in [1.29, 1.82) is 0 Å². The van der Waals surface area contributed by atoms with Crippen LogP contribution in [0.5, 0.6) is 0 Å². The molecule has 0 unspecified atom stereocenters. The van der Waals surface area contributed by atoms with Crippen LogP contribution >= 0.6 is 15.9 Å². The Labute approximate surface area is 486 Å². The topological polar surface area (TPSA) is 72.3 Å². The highest BCUT2D eigenvalue weighted by molar-refractivity contribution is 9.10. The molecule has 0 atom stereocenters. The first kappa shape index (κ1) is 53.8. The third-order valence-electron chi connectivity index (χ3n) is 16.2. The fourth-order valence-electron chi connectivity index (χ4n) is 11.8. The van der Waals surface area contributed by atoms with Crippen LogP contribution in [0, 0.1) is 0 Å². The lowest BCUT2D eigenvalue weighted by atomic mass is 9.79. The number of hydrogen-bond acceptors (Lipinski definition) is 4. The van der Waals surface area contributed by atoms with E-state index in [0.717, 1.165) is 76.0 Å². The Hall–Kier alpha value is -8.80. The first-order valence-corrected chi connectivity index (χ1v) is 28.8. The first-order chi connectivity index (χ1) is 39.8. The minimum Gasteiger partial charge on any atom is -0.399 e. The molecule has 8 nitrogen and oxygen atoms in total. The fraction of sp³-hybridized carbons (Fsp3) is 0.139. The number of rotatable bonds is 4. The molecule has 0 bridgehead atoms. The van der Waals surface area contributed by atoms with E-state index in [1.807, 2.05) is 73.0 Å². The number of fused-ring (bicyclic) bond motifs is 12. The van der Waals surface area contributed by atoms with Crippen molar-refractivity contribution in [2.24, 2.45) is 0 Å². The number of carbonyl (C=O) groups is 2. The van der Waals surface area contributed by atoms with E-state index in [4.69, 9.17) is 9.31 Å². The van der Waals surface area contributed by atoms with Crippen molar-refractivity contribution in [3.63, 3.8) is 0 Å². The van der Waals surface area contributed by atoms with Gasteiger partial charge < -0.3 is 18.4 Å². The van der Waals surface area contributed by atoms with E-state index in [0.29, 0.717) is 0 Å². The van der Waals surface area contributed by atoms with Crippen LogP contribution in [-0.4, -0.2) is 48.4 Å². The average Bonchev–Trinajstić information content (AvgIpc) is 4.48. The Morgan fingerprint density at radius 3 is 1.15 bits per heavy atom. The van der Waals surface area contributed by atoms with E-state index >= 15 is 0 Å². The summed E-state index contributed by atoms with van der Waals surface area (Å²) in [4.78, 5) is 24.2. The summed E-state index contributed by atoms with van der Waals surface area (Å²) in [6.07, 6.45) is 0. The van der Waals surface area contributed by atoms with Crippen molar-refractivity contribution in [2.45, 2.75) is 66.6 Å². The van der Waals surface area contributed by atoms with Gasteiger partial charge in [-0.2, -0.15) is 0 Å². The standard InChI is InChI=1S/C32H22N2O.C24H24BNO2.C14H10BrNO.C2H6/c1-21(35)33-29-14-5-4-13-27(29)28-20-23(17-18-32(28)33)22-9-8-10-24(19-22)34-30-15-6-2-11-25(30)26-12-3-7-16-31(26)34;1-23(2)24(3,4)28-25(27-23)17-10-9-11-18(16-17)26-21-14-7-5-12-19(21)20-13-6-8-15-22(20)26;1-9(17)16-13-5-3-2-4-11(13)12-8-10(15)6-7-14(12)16;1-2/h2-20H,1H3;5-16H,1-4H3;2-8H,1H3;1-2H3. The van der Waals surface area contributed by atoms with Gasteiger partial charge in [-0.15, -0.1) is 0 Å². The van der Waals surface area contributed by atoms with E-state index in [1.165, 1.54) is 43.6 Å². The number of carbonyl (C=O) groups excluding carboxylic acids is 2. The molecule has 82 heavy (non-hydrogen) atoms. The second-order valence-electron chi connectivity index (χ2n) is 21.6. The maximum atomic E-state index is 12.4. The SMILES string of the molecule is CC.CC(=O)n1c2ccccc2c2cc(-c3cccc(-n4c5ccccc5c5ccccc54)c3)ccc21.CC(=O)n1c2ccccc2c2cc(Br)ccc21.CC1(C)OB(c2cccc(-n3c4ccccc4c4ccccc43)c2)OC1(C)C. The molecule has 1 aliphatic rings. The summed E-state index contributed by atoms with van der Waals surface area (Å²) in [5.74, 6) is 0.0656. The highest BCUT2D eigenvalue weighted by atomic mass is 79.9. The van der Waals surface area contributed by atoms with Crippen molar-refractivity contribution in [3.05, 3.63) is 235 Å². The largest absolute Gasteiger partial charge is 0.494 e. The smallest absolute Gasteiger partial charge is 0.399 e. The quantitative estimate of drug-likeness (QED) is 0.165. The molecule has 0 aliphatic carbocycles. The van der Waals surface area contributed by atoms with Crippen LogP contribution in [0.15, 0.2) is 235 Å². The number of halogens is 1. The Bertz CT molecular complexity index is 4670. The summed E-state index contributed by atoms with van der Waals surface area (Å²) in [6, 6.07) is 79.9. The highest BCUT2D eigenvalue weighted by Crippen LogP contribution is 2.39. The van der Waals surface area contributed by atoms with Crippen molar-refractivity contribution >= 4 is 128 Å². The van der Waals surface area contributed by atoms with Gasteiger partial charge in [0.15, 0.2) is 0 Å². The lowest BCUT2D eigenvalue weighted by molar-refractivity contribution is 0.00578. The number of benzene rings is 10. The van der Waals surface area contributed by atoms with Gasteiger partial charge in [0.2, 0.25) is 11.8 Å². The summed E-state index contributed by atoms with van der Waals surface area (Å²) >= 11 is 3.47. The van der Waals surface area contributed by atoms with E-state index in [1.54, 1.807) is 18.4 Å². The molecule has 0 saturated carbocycles. The first-order valence-electron chi connectivity index (χ1n) is 28.0. The van der Waals surface area contributed by atoms with Crippen molar-refractivity contribution in [2.75, 3.05) is 0 Å². The highest BCUT2D eigenvalue weighted by Gasteiger charge is 2.51. The zero-order valence-corrected chi connectivity index (χ0v) is 48.9. The molecule has 1 fully saturated rings. The molecule has 15 rings (SSSR count). The van der Waals surface area contributed by atoms with Crippen LogP contribution in [0.4, 0.5) is 0 Å². The van der Waals surface area contributed by atoms with Crippen LogP contribution in [0.2, 0.25) is 0 Å². The van der Waals surface area contributed by atoms with Gasteiger partial charge in [-0.25, -0.2) is 0 Å². The van der Waals surface area contributed by atoms with Crippen LogP contribution in [0.25, 0.3) is 110 Å². The Morgan fingerprint density at radius 2 is 0.707 bits per heavy atom.